The molecule has 19 heavy (non-hydrogen) atoms. The third-order valence-electron chi connectivity index (χ3n) is 4.58. The van der Waals surface area contributed by atoms with E-state index >= 15 is 0 Å². The van der Waals surface area contributed by atoms with Crippen LogP contribution in [0.3, 0.4) is 0 Å². The number of ether oxygens (including phenoxy) is 1. The normalized spacial score (nSPS) is 18.7. The molecule has 0 spiro atoms. The van der Waals surface area contributed by atoms with E-state index in [1.54, 1.807) is 6.08 Å². The maximum Gasteiger partial charge on any atom is 0.336 e. The number of cyclic esters (lactones) is 1. The molecule has 0 unspecified atom stereocenters. The molecule has 0 saturated carbocycles. The molecule has 0 atom stereocenters. The molecule has 0 aromatic carbocycles. The number of carbonyl (C=O) groups is 1. The molecule has 1 aliphatic rings. The quantitative estimate of drug-likeness (QED) is 0.524. The van der Waals surface area contributed by atoms with Gasteiger partial charge in [-0.25, -0.2) is 4.79 Å². The highest BCUT2D eigenvalue weighted by Crippen LogP contribution is 2.44. The smallest absolute Gasteiger partial charge is 0.336 e. The second kappa shape index (κ2) is 6.08. The summed E-state index contributed by atoms with van der Waals surface area (Å²) < 4.78 is 5.44. The van der Waals surface area contributed by atoms with Crippen molar-refractivity contribution in [3.63, 3.8) is 0 Å². The van der Waals surface area contributed by atoms with Crippen molar-refractivity contribution in [3.8, 4) is 0 Å². The van der Waals surface area contributed by atoms with Gasteiger partial charge in [-0.15, -0.1) is 0 Å². The lowest BCUT2D eigenvalue weighted by Crippen LogP contribution is -2.43. The van der Waals surface area contributed by atoms with Gasteiger partial charge in [-0.05, 0) is 23.0 Å². The average molecular weight is 280 g/mol. The lowest BCUT2D eigenvalue weighted by Gasteiger charge is -2.40. The number of hydrogen-bond donors (Lipinski definition) is 0. The predicted molar refractivity (Wildman–Crippen MR) is 83.6 cm³/mol. The first-order chi connectivity index (χ1) is 8.75. The summed E-state index contributed by atoms with van der Waals surface area (Å²) in [4.78, 5) is 11.5. The van der Waals surface area contributed by atoms with Crippen molar-refractivity contribution in [2.24, 2.45) is 0 Å². The summed E-state index contributed by atoms with van der Waals surface area (Å²) in [6.45, 7) is 16.0. The summed E-state index contributed by atoms with van der Waals surface area (Å²) in [5.41, 5.74) is 5.32. The molecule has 0 saturated heterocycles. The van der Waals surface area contributed by atoms with Crippen molar-refractivity contribution in [1.82, 2.24) is 0 Å². The summed E-state index contributed by atoms with van der Waals surface area (Å²) in [7, 11) is -1.66. The van der Waals surface area contributed by atoms with E-state index in [0.717, 1.165) is 17.8 Å². The van der Waals surface area contributed by atoms with Crippen LogP contribution in [0.2, 0.25) is 16.6 Å². The van der Waals surface area contributed by atoms with Crippen molar-refractivity contribution in [3.05, 3.63) is 23.1 Å². The van der Waals surface area contributed by atoms with E-state index < -0.39 is 8.07 Å². The van der Waals surface area contributed by atoms with Crippen LogP contribution in [0.5, 0.6) is 0 Å². The van der Waals surface area contributed by atoms with Gasteiger partial charge >= 0.3 is 5.97 Å². The Bertz CT molecular complexity index is 381. The fourth-order valence-corrected chi connectivity index (χ4v) is 9.24. The monoisotopic (exact) mass is 280 g/mol. The van der Waals surface area contributed by atoms with Gasteiger partial charge in [0.15, 0.2) is 0 Å². The van der Waals surface area contributed by atoms with Crippen LogP contribution in [0.1, 0.15) is 54.9 Å². The van der Waals surface area contributed by atoms with Gasteiger partial charge in [0.05, 0.1) is 8.07 Å². The Morgan fingerprint density at radius 2 is 1.58 bits per heavy atom. The molecule has 1 rings (SSSR count). The molecule has 0 radical (unpaired) electrons. The van der Waals surface area contributed by atoms with E-state index in [1.807, 2.05) is 0 Å². The van der Waals surface area contributed by atoms with Gasteiger partial charge in [0, 0.05) is 11.6 Å². The third-order valence-corrected chi connectivity index (χ3v) is 11.3. The van der Waals surface area contributed by atoms with Crippen LogP contribution in [0.15, 0.2) is 23.1 Å². The van der Waals surface area contributed by atoms with Gasteiger partial charge in [0.25, 0.3) is 0 Å². The SMILES string of the molecule is CCC1=CC(=O)O/C1=C\[Si](C(C)C)(C(C)C)C(C)C. The largest absolute Gasteiger partial charge is 0.424 e. The third kappa shape index (κ3) is 3.02. The summed E-state index contributed by atoms with van der Waals surface area (Å²) in [5.74, 6) is 0.637. The maximum atomic E-state index is 11.5. The Morgan fingerprint density at radius 3 is 1.95 bits per heavy atom. The number of carbonyl (C=O) groups excluding carboxylic acids is 1. The highest BCUT2D eigenvalue weighted by Gasteiger charge is 2.42. The minimum atomic E-state index is -1.66. The van der Waals surface area contributed by atoms with E-state index in [9.17, 15) is 4.79 Å². The molecule has 2 nitrogen and oxygen atoms in total. The molecule has 0 bridgehead atoms. The zero-order chi connectivity index (χ0) is 14.8. The van der Waals surface area contributed by atoms with Gasteiger partial charge < -0.3 is 4.74 Å². The van der Waals surface area contributed by atoms with Crippen LogP contribution >= 0.6 is 0 Å². The van der Waals surface area contributed by atoms with Gasteiger partial charge in [-0.1, -0.05) is 54.2 Å². The highest BCUT2D eigenvalue weighted by atomic mass is 28.3. The average Bonchev–Trinajstić information content (AvgIpc) is 2.64. The van der Waals surface area contributed by atoms with Crippen molar-refractivity contribution in [2.45, 2.75) is 71.5 Å². The molecular weight excluding hydrogens is 252 g/mol. The van der Waals surface area contributed by atoms with Gasteiger partial charge in [0.1, 0.15) is 5.76 Å². The van der Waals surface area contributed by atoms with Crippen LogP contribution in [0, 0.1) is 0 Å². The Balaban J connectivity index is 3.29. The first-order valence-electron chi connectivity index (χ1n) is 7.41. The summed E-state index contributed by atoms with van der Waals surface area (Å²) in [5, 5.41) is 0. The van der Waals surface area contributed by atoms with E-state index in [4.69, 9.17) is 4.74 Å². The fourth-order valence-electron chi connectivity index (χ4n) is 3.54. The van der Waals surface area contributed by atoms with Gasteiger partial charge in [-0.2, -0.15) is 0 Å². The Morgan fingerprint density at radius 1 is 1.11 bits per heavy atom. The molecule has 0 fully saturated rings. The maximum absolute atomic E-state index is 11.5. The lowest BCUT2D eigenvalue weighted by atomic mass is 10.2. The number of allylic oxidation sites excluding steroid dienone is 1. The first-order valence-corrected chi connectivity index (χ1v) is 9.72. The van der Waals surface area contributed by atoms with Gasteiger partial charge in [0.2, 0.25) is 0 Å². The molecule has 1 aliphatic heterocycles. The van der Waals surface area contributed by atoms with Crippen LogP contribution in [0.4, 0.5) is 0 Å². The zero-order valence-electron chi connectivity index (χ0n) is 13.4. The Hall–Kier alpha value is -0.833. The zero-order valence-corrected chi connectivity index (χ0v) is 14.4. The molecule has 0 aromatic rings. The molecule has 0 aliphatic carbocycles. The summed E-state index contributed by atoms with van der Waals surface area (Å²) in [6.07, 6.45) is 2.50. The van der Waals surface area contributed by atoms with Crippen molar-refractivity contribution in [1.29, 1.82) is 0 Å². The van der Waals surface area contributed by atoms with E-state index in [0.29, 0.717) is 16.6 Å². The first kappa shape index (κ1) is 16.2. The number of hydrogen-bond acceptors (Lipinski definition) is 2. The Labute approximate surface area is 118 Å². The topological polar surface area (TPSA) is 26.3 Å². The minimum Gasteiger partial charge on any atom is -0.424 e. The fraction of sp³-hybridized carbons (Fsp3) is 0.688. The molecular formula is C16H28O2Si. The molecule has 0 amide bonds. The van der Waals surface area contributed by atoms with E-state index in [2.05, 4.69) is 54.2 Å². The number of rotatable bonds is 5. The molecule has 3 heteroatoms. The predicted octanol–water partition coefficient (Wildman–Crippen LogP) is 4.98. The van der Waals surface area contributed by atoms with Gasteiger partial charge in [-0.3, -0.25) is 0 Å². The molecule has 0 N–H and O–H groups in total. The van der Waals surface area contributed by atoms with Crippen LogP contribution in [-0.2, 0) is 9.53 Å². The molecule has 0 aromatic heterocycles. The van der Waals surface area contributed by atoms with Crippen molar-refractivity contribution < 1.29 is 9.53 Å². The molecule has 108 valence electrons. The summed E-state index contributed by atoms with van der Waals surface area (Å²) >= 11 is 0. The van der Waals surface area contributed by atoms with Crippen LogP contribution < -0.4 is 0 Å². The second-order valence-corrected chi connectivity index (χ2v) is 12.2. The van der Waals surface area contributed by atoms with Crippen molar-refractivity contribution in [2.75, 3.05) is 0 Å². The van der Waals surface area contributed by atoms with Crippen LogP contribution in [-0.4, -0.2) is 14.0 Å². The standard InChI is InChI=1S/C16H28O2Si/c1-8-14-9-16(17)18-15(14)10-19(11(2)3,12(4)5)13(6)7/h9-13H,8H2,1-7H3/b15-10-. The summed E-state index contributed by atoms with van der Waals surface area (Å²) in [6, 6.07) is 0. The van der Waals surface area contributed by atoms with Crippen molar-refractivity contribution >= 4 is 14.0 Å². The molecule has 1 heterocycles. The second-order valence-electron chi connectivity index (χ2n) is 6.42. The van der Waals surface area contributed by atoms with E-state index in [1.165, 1.54) is 0 Å². The Kier molecular flexibility index (Phi) is 5.19. The number of esters is 1. The van der Waals surface area contributed by atoms with E-state index in [-0.39, 0.29) is 5.97 Å². The highest BCUT2D eigenvalue weighted by molar-refractivity contribution is 6.88. The lowest BCUT2D eigenvalue weighted by molar-refractivity contribution is -0.132. The minimum absolute atomic E-state index is 0.206. The van der Waals surface area contributed by atoms with Crippen LogP contribution in [0.25, 0.3) is 0 Å².